The number of nitrogens with zero attached hydrogens (tertiary/aromatic N) is 7. The Morgan fingerprint density at radius 2 is 1.94 bits per heavy atom. The van der Waals surface area contributed by atoms with E-state index in [0.29, 0.717) is 28.2 Å². The number of thiophene rings is 1. The van der Waals surface area contributed by atoms with Crippen molar-refractivity contribution < 1.29 is 4.92 Å². The summed E-state index contributed by atoms with van der Waals surface area (Å²) in [6, 6.07) is 14.5. The fraction of sp³-hybridized carbons (Fsp3) is 0.238. The molecule has 32 heavy (non-hydrogen) atoms. The van der Waals surface area contributed by atoms with Gasteiger partial charge in [0.25, 0.3) is 0 Å². The number of benzene rings is 1. The Morgan fingerprint density at radius 3 is 2.66 bits per heavy atom. The van der Waals surface area contributed by atoms with Crippen LogP contribution in [0, 0.1) is 30.9 Å². The summed E-state index contributed by atoms with van der Waals surface area (Å²) in [5, 5.41) is 28.9. The van der Waals surface area contributed by atoms with Gasteiger partial charge in [0.2, 0.25) is 5.16 Å². The molecule has 0 atom stereocenters. The van der Waals surface area contributed by atoms with E-state index >= 15 is 0 Å². The van der Waals surface area contributed by atoms with Gasteiger partial charge in [0.1, 0.15) is 11.4 Å². The molecule has 0 unspecified atom stereocenters. The largest absolute Gasteiger partial charge is 0.312 e. The van der Waals surface area contributed by atoms with Gasteiger partial charge in [-0.15, -0.1) is 21.5 Å². The van der Waals surface area contributed by atoms with Gasteiger partial charge in [0, 0.05) is 16.2 Å². The van der Waals surface area contributed by atoms with Crippen LogP contribution in [0.25, 0.3) is 0 Å². The highest BCUT2D eigenvalue weighted by molar-refractivity contribution is 7.98. The van der Waals surface area contributed by atoms with Gasteiger partial charge in [-0.1, -0.05) is 42.1 Å². The first-order chi connectivity index (χ1) is 15.4. The lowest BCUT2D eigenvalue weighted by Crippen LogP contribution is -2.02. The second kappa shape index (κ2) is 9.45. The molecule has 0 fully saturated rings. The predicted octanol–water partition coefficient (Wildman–Crippen LogP) is 4.59. The van der Waals surface area contributed by atoms with Crippen LogP contribution in [-0.2, 0) is 12.3 Å². The first kappa shape index (κ1) is 21.9. The zero-order valence-corrected chi connectivity index (χ0v) is 19.4. The van der Waals surface area contributed by atoms with Crippen molar-refractivity contribution in [1.29, 1.82) is 0 Å². The standard InChI is InChI=1S/C21H21N7O2S2/c1-14-20(28(29)30)15(2)26(25-14)13-31-21-24-23-16(3)27(21)22-12-19-10-9-18(32-19)11-17-7-5-4-6-8-17/h4-10,12H,11,13H2,1-3H3/b22-12-. The maximum absolute atomic E-state index is 11.2. The lowest BCUT2D eigenvalue weighted by atomic mass is 10.1. The van der Waals surface area contributed by atoms with Gasteiger partial charge in [0.15, 0.2) is 5.82 Å². The minimum atomic E-state index is -0.400. The Hall–Kier alpha value is -3.31. The molecule has 0 saturated carbocycles. The SMILES string of the molecule is Cc1nn(CSc2nnc(C)n2/N=C\c2ccc(Cc3ccccc3)s2)c(C)c1[N+](=O)[O-]. The lowest BCUT2D eigenvalue weighted by Gasteiger charge is -2.03. The molecule has 0 bridgehead atoms. The summed E-state index contributed by atoms with van der Waals surface area (Å²) in [5.41, 5.74) is 2.23. The summed E-state index contributed by atoms with van der Waals surface area (Å²) in [6.07, 6.45) is 2.69. The maximum atomic E-state index is 11.2. The molecule has 0 aliphatic rings. The molecule has 0 saturated heterocycles. The Morgan fingerprint density at radius 1 is 1.16 bits per heavy atom. The summed E-state index contributed by atoms with van der Waals surface area (Å²) in [7, 11) is 0. The van der Waals surface area contributed by atoms with Gasteiger partial charge in [0.05, 0.1) is 17.0 Å². The third-order valence-corrected chi connectivity index (χ3v) is 6.72. The van der Waals surface area contributed by atoms with Crippen LogP contribution in [0.4, 0.5) is 5.69 Å². The van der Waals surface area contributed by atoms with Crippen LogP contribution in [0.1, 0.15) is 32.5 Å². The Labute approximate surface area is 193 Å². The summed E-state index contributed by atoms with van der Waals surface area (Å²) < 4.78 is 3.27. The molecule has 4 rings (SSSR count). The van der Waals surface area contributed by atoms with E-state index in [1.165, 1.54) is 22.2 Å². The molecule has 3 aromatic heterocycles. The van der Waals surface area contributed by atoms with Crippen molar-refractivity contribution in [2.75, 3.05) is 0 Å². The van der Waals surface area contributed by atoms with Gasteiger partial charge in [-0.05, 0) is 38.5 Å². The van der Waals surface area contributed by atoms with Crippen LogP contribution in [0.5, 0.6) is 0 Å². The van der Waals surface area contributed by atoms with Crippen LogP contribution in [0.2, 0.25) is 0 Å². The Balaban J connectivity index is 1.46. The second-order valence-electron chi connectivity index (χ2n) is 7.10. The van der Waals surface area contributed by atoms with Crippen LogP contribution in [0.3, 0.4) is 0 Å². The van der Waals surface area contributed by atoms with E-state index in [9.17, 15) is 10.1 Å². The van der Waals surface area contributed by atoms with Crippen molar-refractivity contribution >= 4 is 35.0 Å². The van der Waals surface area contributed by atoms with Crippen LogP contribution < -0.4 is 0 Å². The van der Waals surface area contributed by atoms with Crippen molar-refractivity contribution in [3.05, 3.63) is 85.1 Å². The average molecular weight is 468 g/mol. The van der Waals surface area contributed by atoms with Gasteiger partial charge in [-0.2, -0.15) is 14.9 Å². The van der Waals surface area contributed by atoms with E-state index in [1.807, 2.05) is 31.2 Å². The Bertz CT molecular complexity index is 1270. The third-order valence-electron chi connectivity index (χ3n) is 4.81. The van der Waals surface area contributed by atoms with Crippen LogP contribution >= 0.6 is 23.1 Å². The summed E-state index contributed by atoms with van der Waals surface area (Å²) in [4.78, 5) is 13.1. The maximum Gasteiger partial charge on any atom is 0.312 e. The fourth-order valence-electron chi connectivity index (χ4n) is 3.23. The van der Waals surface area contributed by atoms with E-state index in [-0.39, 0.29) is 5.69 Å². The second-order valence-corrected chi connectivity index (χ2v) is 9.21. The van der Waals surface area contributed by atoms with Crippen molar-refractivity contribution in [2.45, 2.75) is 38.2 Å². The van der Waals surface area contributed by atoms with Gasteiger partial charge < -0.3 is 0 Å². The number of nitro groups is 1. The first-order valence-electron chi connectivity index (χ1n) is 9.82. The van der Waals surface area contributed by atoms with Crippen molar-refractivity contribution in [3.63, 3.8) is 0 Å². The van der Waals surface area contributed by atoms with Crippen molar-refractivity contribution in [2.24, 2.45) is 5.10 Å². The lowest BCUT2D eigenvalue weighted by molar-refractivity contribution is -0.386. The molecule has 4 aromatic rings. The first-order valence-corrected chi connectivity index (χ1v) is 11.6. The zero-order valence-electron chi connectivity index (χ0n) is 17.8. The molecule has 164 valence electrons. The summed E-state index contributed by atoms with van der Waals surface area (Å²) >= 11 is 3.06. The molecule has 0 N–H and O–H groups in total. The molecule has 0 aliphatic carbocycles. The molecular formula is C21H21N7O2S2. The van der Waals surface area contributed by atoms with E-state index < -0.39 is 4.92 Å². The highest BCUT2D eigenvalue weighted by Crippen LogP contribution is 2.26. The number of aromatic nitrogens is 5. The number of rotatable bonds is 8. The zero-order chi connectivity index (χ0) is 22.7. The molecule has 3 heterocycles. The molecule has 0 amide bonds. The normalized spacial score (nSPS) is 11.5. The van der Waals surface area contributed by atoms with E-state index in [1.54, 1.807) is 40.8 Å². The van der Waals surface area contributed by atoms with E-state index in [2.05, 4.69) is 38.6 Å². The van der Waals surface area contributed by atoms with Gasteiger partial charge in [-0.3, -0.25) is 14.8 Å². The average Bonchev–Trinajstić information content (AvgIpc) is 3.43. The number of aryl methyl sites for hydroxylation is 2. The molecule has 11 heteroatoms. The minimum absolute atomic E-state index is 0.0465. The molecule has 1 aromatic carbocycles. The summed E-state index contributed by atoms with van der Waals surface area (Å²) in [5.74, 6) is 1.03. The topological polar surface area (TPSA) is 104 Å². The molecular weight excluding hydrogens is 446 g/mol. The third kappa shape index (κ3) is 4.78. The molecule has 0 radical (unpaired) electrons. The molecule has 0 spiro atoms. The van der Waals surface area contributed by atoms with Gasteiger partial charge >= 0.3 is 5.69 Å². The van der Waals surface area contributed by atoms with Crippen LogP contribution in [0.15, 0.2) is 52.7 Å². The Kier molecular flexibility index (Phi) is 6.47. The quantitative estimate of drug-likeness (QED) is 0.162. The van der Waals surface area contributed by atoms with Gasteiger partial charge in [-0.25, -0.2) is 0 Å². The minimum Gasteiger partial charge on any atom is -0.258 e. The fourth-order valence-corrected chi connectivity index (χ4v) is 5.03. The number of thioether (sulfide) groups is 1. The molecule has 9 nitrogen and oxygen atoms in total. The van der Waals surface area contributed by atoms with E-state index in [4.69, 9.17) is 0 Å². The van der Waals surface area contributed by atoms with E-state index in [0.717, 1.165) is 11.3 Å². The van der Waals surface area contributed by atoms with Crippen molar-refractivity contribution in [1.82, 2.24) is 24.7 Å². The number of hydrogen-bond donors (Lipinski definition) is 0. The summed E-state index contributed by atoms with van der Waals surface area (Å²) in [6.45, 7) is 5.16. The molecule has 0 aliphatic heterocycles. The predicted molar refractivity (Wildman–Crippen MR) is 126 cm³/mol. The van der Waals surface area contributed by atoms with Crippen molar-refractivity contribution in [3.8, 4) is 0 Å². The number of hydrogen-bond acceptors (Lipinski definition) is 8. The highest BCUT2D eigenvalue weighted by Gasteiger charge is 2.22. The highest BCUT2D eigenvalue weighted by atomic mass is 32.2. The smallest absolute Gasteiger partial charge is 0.258 e. The van der Waals surface area contributed by atoms with Crippen LogP contribution in [-0.4, -0.2) is 35.8 Å². The monoisotopic (exact) mass is 467 g/mol.